The van der Waals surface area contributed by atoms with Crippen molar-refractivity contribution in [2.75, 3.05) is 0 Å². The summed E-state index contributed by atoms with van der Waals surface area (Å²) in [6.45, 7) is 0. The van der Waals surface area contributed by atoms with Crippen molar-refractivity contribution in [1.29, 1.82) is 0 Å². The number of para-hydroxylation sites is 3. The number of hydrogen-bond acceptors (Lipinski definition) is 6. The normalized spacial score (nSPS) is 11.9. The third-order valence-electron chi connectivity index (χ3n) is 9.77. The summed E-state index contributed by atoms with van der Waals surface area (Å²) in [4.78, 5) is 15.2. The van der Waals surface area contributed by atoms with Gasteiger partial charge in [-0.15, -0.1) is 11.3 Å². The predicted molar refractivity (Wildman–Crippen MR) is 209 cm³/mol. The molecule has 0 saturated carbocycles. The van der Waals surface area contributed by atoms with Crippen LogP contribution in [-0.4, -0.2) is 15.0 Å². The second-order valence-corrected chi connectivity index (χ2v) is 13.8. The van der Waals surface area contributed by atoms with Gasteiger partial charge in [0.1, 0.15) is 22.3 Å². The highest BCUT2D eigenvalue weighted by Gasteiger charge is 2.21. The van der Waals surface area contributed by atoms with E-state index in [1.54, 1.807) is 0 Å². The van der Waals surface area contributed by atoms with Crippen LogP contribution in [0.2, 0.25) is 0 Å². The van der Waals surface area contributed by atoms with Crippen molar-refractivity contribution in [1.82, 2.24) is 15.0 Å². The average Bonchev–Trinajstić information content (AvgIpc) is 3.89. The summed E-state index contributed by atoms with van der Waals surface area (Å²) in [5.74, 6) is 1.65. The summed E-state index contributed by atoms with van der Waals surface area (Å²) in [6.07, 6.45) is 0. The zero-order valence-corrected chi connectivity index (χ0v) is 27.8. The predicted octanol–water partition coefficient (Wildman–Crippen LogP) is 12.7. The van der Waals surface area contributed by atoms with Gasteiger partial charge in [-0.25, -0.2) is 15.0 Å². The standard InChI is InChI=1S/C45H25N3O2S/c1-2-11-26(12-3-1)43-46-44(34-18-8-16-32-29-13-4-6-20-36(29)49-41(32)34)48-45(47-43)35-19-9-17-33-40-28(15-10-21-37(40)50-42(33)35)27-23-24-31-30-14-5-7-22-38(30)51-39(31)25-27/h1-25H. The molecular formula is C45H25N3O2S. The maximum absolute atomic E-state index is 6.72. The Bertz CT molecular complexity index is 3160. The third-order valence-corrected chi connectivity index (χ3v) is 10.9. The Hall–Kier alpha value is -6.63. The molecule has 0 aliphatic rings. The van der Waals surface area contributed by atoms with Gasteiger partial charge in [-0.2, -0.15) is 0 Å². The molecule has 0 unspecified atom stereocenters. The Labute approximate surface area is 295 Å². The molecule has 0 N–H and O–H groups in total. The van der Waals surface area contributed by atoms with Crippen molar-refractivity contribution < 1.29 is 8.83 Å². The molecule has 7 aromatic carbocycles. The molecule has 11 aromatic rings. The van der Waals surface area contributed by atoms with E-state index in [0.29, 0.717) is 17.5 Å². The Morgan fingerprint density at radius 3 is 1.80 bits per heavy atom. The minimum atomic E-state index is 0.532. The first-order valence-corrected chi connectivity index (χ1v) is 17.7. The van der Waals surface area contributed by atoms with E-state index in [-0.39, 0.29) is 0 Å². The van der Waals surface area contributed by atoms with Crippen LogP contribution in [0.5, 0.6) is 0 Å². The lowest BCUT2D eigenvalue weighted by Gasteiger charge is -2.09. The minimum Gasteiger partial charge on any atom is -0.455 e. The quantitative estimate of drug-likeness (QED) is 0.186. The van der Waals surface area contributed by atoms with Crippen molar-refractivity contribution in [2.24, 2.45) is 0 Å². The van der Waals surface area contributed by atoms with Gasteiger partial charge in [0.05, 0.1) is 11.1 Å². The van der Waals surface area contributed by atoms with Crippen LogP contribution in [0.4, 0.5) is 0 Å². The molecule has 0 aliphatic carbocycles. The number of thiophene rings is 1. The monoisotopic (exact) mass is 671 g/mol. The number of hydrogen-bond donors (Lipinski definition) is 0. The largest absolute Gasteiger partial charge is 0.455 e. The summed E-state index contributed by atoms with van der Waals surface area (Å²) in [6, 6.07) is 52.1. The van der Waals surface area contributed by atoms with Crippen molar-refractivity contribution in [3.63, 3.8) is 0 Å². The van der Waals surface area contributed by atoms with Crippen LogP contribution in [0.25, 0.3) is 109 Å². The van der Waals surface area contributed by atoms with Gasteiger partial charge in [-0.1, -0.05) is 115 Å². The third kappa shape index (κ3) is 4.37. The molecule has 51 heavy (non-hydrogen) atoms. The van der Waals surface area contributed by atoms with Crippen LogP contribution in [0, 0.1) is 0 Å². The van der Waals surface area contributed by atoms with Gasteiger partial charge in [-0.3, -0.25) is 0 Å². The second kappa shape index (κ2) is 10.9. The topological polar surface area (TPSA) is 65.0 Å². The van der Waals surface area contributed by atoms with Gasteiger partial charge in [0.2, 0.25) is 0 Å². The summed E-state index contributed by atoms with van der Waals surface area (Å²) in [5, 5.41) is 6.73. The summed E-state index contributed by atoms with van der Waals surface area (Å²) in [5.41, 5.74) is 7.91. The van der Waals surface area contributed by atoms with E-state index in [0.717, 1.165) is 71.7 Å². The second-order valence-electron chi connectivity index (χ2n) is 12.7. The summed E-state index contributed by atoms with van der Waals surface area (Å²) < 4.78 is 15.7. The molecule has 4 aromatic heterocycles. The molecule has 238 valence electrons. The Morgan fingerprint density at radius 1 is 0.373 bits per heavy atom. The number of nitrogens with zero attached hydrogens (tertiary/aromatic N) is 3. The number of furan rings is 2. The Morgan fingerprint density at radius 2 is 0.961 bits per heavy atom. The van der Waals surface area contributed by atoms with Crippen molar-refractivity contribution in [3.05, 3.63) is 152 Å². The van der Waals surface area contributed by atoms with Crippen molar-refractivity contribution in [3.8, 4) is 45.3 Å². The van der Waals surface area contributed by atoms with E-state index in [1.165, 1.54) is 20.2 Å². The summed E-state index contributed by atoms with van der Waals surface area (Å²) >= 11 is 1.83. The van der Waals surface area contributed by atoms with Crippen LogP contribution >= 0.6 is 11.3 Å². The van der Waals surface area contributed by atoms with Gasteiger partial charge < -0.3 is 8.83 Å². The van der Waals surface area contributed by atoms with Crippen LogP contribution < -0.4 is 0 Å². The zero-order valence-electron chi connectivity index (χ0n) is 27.0. The molecule has 0 radical (unpaired) electrons. The maximum atomic E-state index is 6.72. The fourth-order valence-corrected chi connectivity index (χ4v) is 8.56. The van der Waals surface area contributed by atoms with Gasteiger partial charge in [0, 0.05) is 47.3 Å². The number of fused-ring (bicyclic) bond motifs is 9. The fourth-order valence-electron chi connectivity index (χ4n) is 7.41. The van der Waals surface area contributed by atoms with E-state index in [2.05, 4.69) is 78.9 Å². The Kier molecular flexibility index (Phi) is 6.05. The lowest BCUT2D eigenvalue weighted by molar-refractivity contribution is 0.669. The first-order chi connectivity index (χ1) is 25.3. The van der Waals surface area contributed by atoms with Gasteiger partial charge in [0.15, 0.2) is 17.5 Å². The smallest absolute Gasteiger partial charge is 0.167 e. The van der Waals surface area contributed by atoms with Gasteiger partial charge in [-0.05, 0) is 47.5 Å². The van der Waals surface area contributed by atoms with E-state index in [4.69, 9.17) is 23.8 Å². The molecule has 0 bridgehead atoms. The lowest BCUT2D eigenvalue weighted by Crippen LogP contribution is -2.00. The fraction of sp³-hybridized carbons (Fsp3) is 0. The molecule has 4 heterocycles. The van der Waals surface area contributed by atoms with Crippen molar-refractivity contribution in [2.45, 2.75) is 0 Å². The molecule has 0 amide bonds. The first-order valence-electron chi connectivity index (χ1n) is 16.9. The molecule has 0 fully saturated rings. The number of benzene rings is 7. The van der Waals surface area contributed by atoms with Crippen LogP contribution in [-0.2, 0) is 0 Å². The van der Waals surface area contributed by atoms with Gasteiger partial charge >= 0.3 is 0 Å². The summed E-state index contributed by atoms with van der Waals surface area (Å²) in [7, 11) is 0. The highest BCUT2D eigenvalue weighted by Crippen LogP contribution is 2.43. The van der Waals surface area contributed by atoms with E-state index < -0.39 is 0 Å². The zero-order chi connectivity index (χ0) is 33.5. The van der Waals surface area contributed by atoms with E-state index in [9.17, 15) is 0 Å². The van der Waals surface area contributed by atoms with Crippen LogP contribution in [0.1, 0.15) is 0 Å². The van der Waals surface area contributed by atoms with Crippen molar-refractivity contribution >= 4 is 75.4 Å². The number of aromatic nitrogens is 3. The Balaban J connectivity index is 1.13. The highest BCUT2D eigenvalue weighted by molar-refractivity contribution is 7.25. The molecule has 0 spiro atoms. The maximum Gasteiger partial charge on any atom is 0.167 e. The van der Waals surface area contributed by atoms with E-state index in [1.807, 2.05) is 84.1 Å². The molecule has 0 aliphatic heterocycles. The van der Waals surface area contributed by atoms with Crippen LogP contribution in [0.15, 0.2) is 160 Å². The van der Waals surface area contributed by atoms with Gasteiger partial charge in [0.25, 0.3) is 0 Å². The first kappa shape index (κ1) is 28.2. The molecular weight excluding hydrogens is 647 g/mol. The average molecular weight is 672 g/mol. The molecule has 11 rings (SSSR count). The number of rotatable bonds is 4. The molecule has 6 heteroatoms. The molecule has 0 atom stereocenters. The minimum absolute atomic E-state index is 0.532. The van der Waals surface area contributed by atoms with E-state index >= 15 is 0 Å². The molecule has 0 saturated heterocycles. The SMILES string of the molecule is c1ccc(-c2nc(-c3cccc4c3oc3ccccc34)nc(-c3cccc4c3oc3cccc(-c5ccc6c(c5)sc5ccccc56)c34)n2)cc1. The van der Waals surface area contributed by atoms with Crippen LogP contribution in [0.3, 0.4) is 0 Å². The molecule has 5 nitrogen and oxygen atoms in total. The highest BCUT2D eigenvalue weighted by atomic mass is 32.1. The lowest BCUT2D eigenvalue weighted by atomic mass is 9.98.